The molecule has 0 aromatic rings. The zero-order chi connectivity index (χ0) is 13.6. The molecule has 1 aliphatic rings. The monoisotopic (exact) mass is 276 g/mol. The molecule has 1 aliphatic heterocycles. The average molecular weight is 276 g/mol. The molecule has 108 valence electrons. The predicted octanol–water partition coefficient (Wildman–Crippen LogP) is 1.97. The molecule has 1 rings (SSSR count). The second-order valence-electron chi connectivity index (χ2n) is 5.38. The summed E-state index contributed by atoms with van der Waals surface area (Å²) >= 11 is 0. The summed E-state index contributed by atoms with van der Waals surface area (Å²) in [6.45, 7) is 5.77. The van der Waals surface area contributed by atoms with Crippen molar-refractivity contribution in [3.8, 4) is 0 Å². The number of hydrogen-bond acceptors (Lipinski definition) is 3. The van der Waals surface area contributed by atoms with E-state index in [0.29, 0.717) is 25.2 Å². The third-order valence-electron chi connectivity index (χ3n) is 3.67. The second-order valence-corrected chi connectivity index (χ2v) is 7.36. The second kappa shape index (κ2) is 7.46. The van der Waals surface area contributed by atoms with Crippen LogP contribution >= 0.6 is 0 Å². The maximum Gasteiger partial charge on any atom is 0.211 e. The van der Waals surface area contributed by atoms with Gasteiger partial charge < -0.3 is 5.32 Å². The fraction of sp³-hybridized carbons (Fsp3) is 1.00. The molecule has 0 aromatic heterocycles. The molecule has 1 heterocycles. The number of hydrogen-bond donors (Lipinski definition) is 1. The normalized spacial score (nSPS) is 19.6. The van der Waals surface area contributed by atoms with Crippen molar-refractivity contribution in [2.45, 2.75) is 64.5 Å². The molecule has 0 unspecified atom stereocenters. The number of rotatable bonds is 7. The van der Waals surface area contributed by atoms with E-state index in [1.165, 1.54) is 31.9 Å². The third kappa shape index (κ3) is 5.24. The molecular formula is C13H28N2O2S. The molecule has 0 aliphatic carbocycles. The van der Waals surface area contributed by atoms with Crippen molar-refractivity contribution in [3.05, 3.63) is 0 Å². The highest BCUT2D eigenvalue weighted by Gasteiger charge is 2.25. The maximum atomic E-state index is 11.4. The zero-order valence-electron chi connectivity index (χ0n) is 12.0. The molecule has 1 N–H and O–H groups in total. The van der Waals surface area contributed by atoms with Crippen LogP contribution in [0.4, 0.5) is 0 Å². The van der Waals surface area contributed by atoms with E-state index in [2.05, 4.69) is 19.2 Å². The van der Waals surface area contributed by atoms with E-state index in [-0.39, 0.29) is 0 Å². The fourth-order valence-electron chi connectivity index (χ4n) is 2.70. The Morgan fingerprint density at radius 1 is 1.17 bits per heavy atom. The van der Waals surface area contributed by atoms with E-state index in [0.717, 1.165) is 12.8 Å². The Morgan fingerprint density at radius 3 is 2.06 bits per heavy atom. The molecule has 0 atom stereocenters. The van der Waals surface area contributed by atoms with Crippen LogP contribution in [0.3, 0.4) is 0 Å². The van der Waals surface area contributed by atoms with Crippen LogP contribution in [0.1, 0.15) is 52.4 Å². The molecule has 0 saturated carbocycles. The molecule has 1 fully saturated rings. The summed E-state index contributed by atoms with van der Waals surface area (Å²) < 4.78 is 24.4. The van der Waals surface area contributed by atoms with Gasteiger partial charge in [0.15, 0.2) is 0 Å². The smallest absolute Gasteiger partial charge is 0.211 e. The first-order valence-corrected chi connectivity index (χ1v) is 9.03. The minimum Gasteiger partial charge on any atom is -0.311 e. The van der Waals surface area contributed by atoms with Crippen LogP contribution in [0.15, 0.2) is 0 Å². The van der Waals surface area contributed by atoms with Crippen molar-refractivity contribution < 1.29 is 8.42 Å². The van der Waals surface area contributed by atoms with Gasteiger partial charge in [-0.15, -0.1) is 0 Å². The first-order valence-electron chi connectivity index (χ1n) is 7.18. The van der Waals surface area contributed by atoms with E-state index >= 15 is 0 Å². The predicted molar refractivity (Wildman–Crippen MR) is 76.2 cm³/mol. The summed E-state index contributed by atoms with van der Waals surface area (Å²) in [6, 6.07) is 1.10. The summed E-state index contributed by atoms with van der Waals surface area (Å²) in [5.41, 5.74) is 0. The van der Waals surface area contributed by atoms with Gasteiger partial charge in [-0.05, 0) is 25.7 Å². The number of nitrogens with one attached hydrogen (secondary N) is 1. The van der Waals surface area contributed by atoms with Gasteiger partial charge in [-0.25, -0.2) is 12.7 Å². The third-order valence-corrected chi connectivity index (χ3v) is 4.97. The zero-order valence-corrected chi connectivity index (χ0v) is 12.8. The largest absolute Gasteiger partial charge is 0.311 e. The van der Waals surface area contributed by atoms with Crippen LogP contribution in [0.2, 0.25) is 0 Å². The molecule has 1 saturated heterocycles. The van der Waals surface area contributed by atoms with Gasteiger partial charge in [0, 0.05) is 25.2 Å². The van der Waals surface area contributed by atoms with E-state index in [1.807, 2.05) is 0 Å². The minimum absolute atomic E-state index is 0.492. The summed E-state index contributed by atoms with van der Waals surface area (Å²) in [5.74, 6) is 0. The summed E-state index contributed by atoms with van der Waals surface area (Å²) in [4.78, 5) is 0. The number of nitrogens with zero attached hydrogens (tertiary/aromatic N) is 1. The van der Waals surface area contributed by atoms with Gasteiger partial charge in [-0.3, -0.25) is 0 Å². The minimum atomic E-state index is -2.99. The van der Waals surface area contributed by atoms with Crippen LogP contribution < -0.4 is 5.32 Å². The first kappa shape index (κ1) is 15.9. The molecule has 4 nitrogen and oxygen atoms in total. The average Bonchev–Trinajstić information content (AvgIpc) is 2.29. The Balaban J connectivity index is 2.38. The lowest BCUT2D eigenvalue weighted by Crippen LogP contribution is -2.47. The van der Waals surface area contributed by atoms with Crippen molar-refractivity contribution in [1.29, 1.82) is 0 Å². The van der Waals surface area contributed by atoms with Gasteiger partial charge >= 0.3 is 0 Å². The number of piperidine rings is 1. The molecule has 18 heavy (non-hydrogen) atoms. The van der Waals surface area contributed by atoms with Gasteiger partial charge in [0.05, 0.1) is 6.26 Å². The number of sulfonamides is 1. The van der Waals surface area contributed by atoms with Gasteiger partial charge in [0.1, 0.15) is 0 Å². The van der Waals surface area contributed by atoms with Crippen LogP contribution in [-0.2, 0) is 10.0 Å². The molecule has 0 radical (unpaired) electrons. The lowest BCUT2D eigenvalue weighted by Gasteiger charge is -2.33. The van der Waals surface area contributed by atoms with Gasteiger partial charge in [-0.2, -0.15) is 0 Å². The first-order chi connectivity index (χ1) is 8.47. The quantitative estimate of drug-likeness (QED) is 0.773. The highest BCUT2D eigenvalue weighted by atomic mass is 32.2. The molecule has 0 spiro atoms. The van der Waals surface area contributed by atoms with E-state index < -0.39 is 10.0 Å². The molecule has 0 bridgehead atoms. The summed E-state index contributed by atoms with van der Waals surface area (Å²) in [5, 5.41) is 3.71. The Morgan fingerprint density at radius 2 is 1.67 bits per heavy atom. The van der Waals surface area contributed by atoms with Crippen LogP contribution in [0, 0.1) is 0 Å². The fourth-order valence-corrected chi connectivity index (χ4v) is 3.57. The van der Waals surface area contributed by atoms with E-state index in [4.69, 9.17) is 0 Å². The molecular weight excluding hydrogens is 248 g/mol. The molecule has 0 aromatic carbocycles. The summed E-state index contributed by atoms with van der Waals surface area (Å²) in [7, 11) is -2.99. The standard InChI is InChI=1S/C13H28N2O2S/c1-4-6-12(7-5-2)14-13-8-10-15(11-9-13)18(3,16)17/h12-14H,4-11H2,1-3H3. The lowest BCUT2D eigenvalue weighted by molar-refractivity contribution is 0.265. The topological polar surface area (TPSA) is 49.4 Å². The summed E-state index contributed by atoms with van der Waals surface area (Å²) in [6.07, 6.45) is 8.05. The van der Waals surface area contributed by atoms with Gasteiger partial charge in [0.25, 0.3) is 0 Å². The van der Waals surface area contributed by atoms with Crippen molar-refractivity contribution in [2.75, 3.05) is 19.3 Å². The Labute approximate surface area is 112 Å². The van der Waals surface area contributed by atoms with Crippen molar-refractivity contribution in [3.63, 3.8) is 0 Å². The highest BCUT2D eigenvalue weighted by molar-refractivity contribution is 7.88. The van der Waals surface area contributed by atoms with Crippen LogP contribution in [0.5, 0.6) is 0 Å². The van der Waals surface area contributed by atoms with E-state index in [1.54, 1.807) is 4.31 Å². The van der Waals surface area contributed by atoms with Gasteiger partial charge in [0.2, 0.25) is 10.0 Å². The highest BCUT2D eigenvalue weighted by Crippen LogP contribution is 2.15. The Kier molecular flexibility index (Phi) is 6.60. The lowest BCUT2D eigenvalue weighted by atomic mass is 10.0. The van der Waals surface area contributed by atoms with E-state index in [9.17, 15) is 8.42 Å². The van der Waals surface area contributed by atoms with Crippen molar-refractivity contribution >= 4 is 10.0 Å². The van der Waals surface area contributed by atoms with Crippen LogP contribution in [0.25, 0.3) is 0 Å². The maximum absolute atomic E-state index is 11.4. The Hall–Kier alpha value is -0.130. The Bertz CT molecular complexity index is 316. The molecule has 5 heteroatoms. The van der Waals surface area contributed by atoms with Crippen molar-refractivity contribution in [2.24, 2.45) is 0 Å². The van der Waals surface area contributed by atoms with Crippen LogP contribution in [-0.4, -0.2) is 44.2 Å². The SMILES string of the molecule is CCCC(CCC)NC1CCN(S(C)(=O)=O)CC1. The molecule has 0 amide bonds. The van der Waals surface area contributed by atoms with Gasteiger partial charge in [-0.1, -0.05) is 26.7 Å². The van der Waals surface area contributed by atoms with Crippen molar-refractivity contribution in [1.82, 2.24) is 9.62 Å².